The Morgan fingerprint density at radius 2 is 1.90 bits per heavy atom. The summed E-state index contributed by atoms with van der Waals surface area (Å²) in [7, 11) is 0. The third-order valence-corrected chi connectivity index (χ3v) is 8.67. The molecule has 0 aromatic carbocycles. The van der Waals surface area contributed by atoms with Crippen LogP contribution in [0.15, 0.2) is 11.6 Å². The van der Waals surface area contributed by atoms with Gasteiger partial charge in [-0.2, -0.15) is 0 Å². The van der Waals surface area contributed by atoms with Crippen molar-refractivity contribution < 1.29 is 29.0 Å². The zero-order valence-electron chi connectivity index (χ0n) is 17.5. The first kappa shape index (κ1) is 20.5. The molecular weight excluding hydrogens is 372 g/mol. The topological polar surface area (TPSA) is 97.7 Å². The molecule has 0 aromatic heterocycles. The van der Waals surface area contributed by atoms with Gasteiger partial charge in [0, 0.05) is 31.1 Å². The number of ether oxygens (including phenoxy) is 1. The Morgan fingerprint density at radius 3 is 2.59 bits per heavy atom. The second-order valence-corrected chi connectivity index (χ2v) is 10.0. The second kappa shape index (κ2) is 6.59. The summed E-state index contributed by atoms with van der Waals surface area (Å²) in [6.45, 7) is 4.76. The maximum absolute atomic E-state index is 13.5. The summed E-state index contributed by atoms with van der Waals surface area (Å²) in [4.78, 5) is 49.4. The highest BCUT2D eigenvalue weighted by molar-refractivity contribution is 5.95. The smallest absolute Gasteiger partial charge is 0.303 e. The average molecular weight is 402 g/mol. The molecule has 6 nitrogen and oxygen atoms in total. The number of esters is 1. The van der Waals surface area contributed by atoms with Crippen molar-refractivity contribution in [3.63, 3.8) is 0 Å². The van der Waals surface area contributed by atoms with E-state index in [1.54, 1.807) is 6.08 Å². The summed E-state index contributed by atoms with van der Waals surface area (Å²) < 4.78 is 4.86. The Bertz CT molecular complexity index is 827. The van der Waals surface area contributed by atoms with Crippen LogP contribution >= 0.6 is 0 Å². The van der Waals surface area contributed by atoms with Crippen LogP contribution in [0.4, 0.5) is 0 Å². The molecule has 0 spiro atoms. The van der Waals surface area contributed by atoms with Crippen molar-refractivity contribution in [2.75, 3.05) is 6.61 Å². The van der Waals surface area contributed by atoms with Gasteiger partial charge in [0.2, 0.25) is 5.78 Å². The highest BCUT2D eigenvalue weighted by Crippen LogP contribution is 2.66. The molecule has 4 aliphatic carbocycles. The third kappa shape index (κ3) is 2.78. The van der Waals surface area contributed by atoms with E-state index >= 15 is 0 Å². The number of allylic oxidation sites excluding steroid dienone is 1. The van der Waals surface area contributed by atoms with E-state index in [9.17, 15) is 24.3 Å². The molecule has 29 heavy (non-hydrogen) atoms. The molecule has 6 heteroatoms. The molecule has 0 amide bonds. The third-order valence-electron chi connectivity index (χ3n) is 8.67. The number of ketones is 3. The van der Waals surface area contributed by atoms with Crippen molar-refractivity contribution in [2.24, 2.45) is 28.6 Å². The number of carbonyl (C=O) groups is 4. The maximum atomic E-state index is 13.5. The quantitative estimate of drug-likeness (QED) is 0.729. The first-order chi connectivity index (χ1) is 13.5. The van der Waals surface area contributed by atoms with Crippen molar-refractivity contribution in [3.8, 4) is 0 Å². The van der Waals surface area contributed by atoms with Gasteiger partial charge >= 0.3 is 5.97 Å². The molecule has 0 unspecified atom stereocenters. The maximum Gasteiger partial charge on any atom is 0.303 e. The lowest BCUT2D eigenvalue weighted by atomic mass is 9.46. The van der Waals surface area contributed by atoms with Gasteiger partial charge in [0.15, 0.2) is 12.4 Å². The van der Waals surface area contributed by atoms with E-state index < -0.39 is 29.4 Å². The Morgan fingerprint density at radius 1 is 1.17 bits per heavy atom. The predicted octanol–water partition coefficient (Wildman–Crippen LogP) is 2.56. The predicted molar refractivity (Wildman–Crippen MR) is 104 cm³/mol. The lowest BCUT2D eigenvalue weighted by Gasteiger charge is -2.57. The largest absolute Gasteiger partial charge is 0.458 e. The minimum Gasteiger partial charge on any atom is -0.458 e. The van der Waals surface area contributed by atoms with Crippen molar-refractivity contribution in [1.82, 2.24) is 0 Å². The van der Waals surface area contributed by atoms with E-state index in [2.05, 4.69) is 6.92 Å². The molecule has 1 N–H and O–H groups in total. The van der Waals surface area contributed by atoms with Gasteiger partial charge in [0.05, 0.1) is 0 Å². The van der Waals surface area contributed by atoms with Crippen LogP contribution in [0.3, 0.4) is 0 Å². The van der Waals surface area contributed by atoms with E-state index in [4.69, 9.17) is 4.74 Å². The van der Waals surface area contributed by atoms with E-state index in [0.29, 0.717) is 25.7 Å². The van der Waals surface area contributed by atoms with E-state index in [1.165, 1.54) is 6.92 Å². The van der Waals surface area contributed by atoms with Gasteiger partial charge in [-0.25, -0.2) is 0 Å². The van der Waals surface area contributed by atoms with Gasteiger partial charge < -0.3 is 9.84 Å². The van der Waals surface area contributed by atoms with E-state index in [0.717, 1.165) is 18.4 Å². The summed E-state index contributed by atoms with van der Waals surface area (Å²) >= 11 is 0. The normalized spacial score (nSPS) is 43.7. The highest BCUT2D eigenvalue weighted by atomic mass is 16.5. The van der Waals surface area contributed by atoms with Crippen LogP contribution in [0.5, 0.6) is 0 Å². The van der Waals surface area contributed by atoms with Crippen LogP contribution < -0.4 is 0 Å². The minimum atomic E-state index is -1.65. The zero-order valence-corrected chi connectivity index (χ0v) is 17.5. The molecule has 4 aliphatic rings. The molecule has 158 valence electrons. The van der Waals surface area contributed by atoms with Crippen molar-refractivity contribution in [1.29, 1.82) is 0 Å². The van der Waals surface area contributed by atoms with Crippen LogP contribution in [0.25, 0.3) is 0 Å². The van der Waals surface area contributed by atoms with Gasteiger partial charge in [0.1, 0.15) is 11.4 Å². The Labute approximate surface area is 171 Å². The Hall–Kier alpha value is -1.82. The van der Waals surface area contributed by atoms with Gasteiger partial charge in [-0.3, -0.25) is 19.2 Å². The monoisotopic (exact) mass is 402 g/mol. The molecule has 0 aliphatic heterocycles. The molecule has 0 aromatic rings. The van der Waals surface area contributed by atoms with E-state index in [-0.39, 0.29) is 41.2 Å². The van der Waals surface area contributed by atoms with Crippen LogP contribution in [-0.2, 0) is 23.9 Å². The molecule has 0 heterocycles. The lowest BCUT2D eigenvalue weighted by molar-refractivity contribution is -0.173. The number of carbonyl (C=O) groups excluding carboxylic acids is 4. The van der Waals surface area contributed by atoms with E-state index in [1.807, 2.05) is 6.92 Å². The summed E-state index contributed by atoms with van der Waals surface area (Å²) in [6, 6.07) is 0. The average Bonchev–Trinajstić information content (AvgIpc) is 2.91. The summed E-state index contributed by atoms with van der Waals surface area (Å²) in [5, 5.41) is 11.4. The fourth-order valence-electron chi connectivity index (χ4n) is 7.13. The summed E-state index contributed by atoms with van der Waals surface area (Å²) in [5.74, 6) is -0.811. The summed E-state index contributed by atoms with van der Waals surface area (Å²) in [5.41, 5.74) is -1.68. The molecule has 6 atom stereocenters. The van der Waals surface area contributed by atoms with Crippen molar-refractivity contribution in [3.05, 3.63) is 11.6 Å². The number of fused-ring (bicyclic) bond motifs is 5. The number of aliphatic hydroxyl groups is 1. The minimum absolute atomic E-state index is 0.0625. The van der Waals surface area contributed by atoms with Gasteiger partial charge in [-0.1, -0.05) is 19.4 Å². The standard InChI is InChI=1S/C23H30O6/c1-13(24)29-12-19(27)23(28)9-7-17-16-5-4-14-10-15(25)6-8-21(14,2)20(16)18(26)11-22(17,23)3/h10,16-17,20,28H,4-9,11-12H2,1-3H3/t16-,17+,20-,21+,22+,23+/m1/s1. The molecule has 4 rings (SSSR count). The number of hydrogen-bond acceptors (Lipinski definition) is 6. The highest BCUT2D eigenvalue weighted by Gasteiger charge is 2.68. The first-order valence-corrected chi connectivity index (χ1v) is 10.7. The molecular formula is C23H30O6. The number of rotatable bonds is 3. The Kier molecular flexibility index (Phi) is 4.65. The number of Topliss-reactive ketones (excluding diaryl/α,β-unsaturated/α-hetero) is 2. The fraction of sp³-hybridized carbons (Fsp3) is 0.739. The fourth-order valence-corrected chi connectivity index (χ4v) is 7.13. The molecule has 3 fully saturated rings. The van der Waals surface area contributed by atoms with Gasteiger partial charge in [0.25, 0.3) is 0 Å². The SMILES string of the molecule is CC(=O)OCC(=O)[C@@]1(O)CC[C@H]2[C@H]3CCC4=CC(=O)CC[C@]4(C)[C@H]3C(=O)C[C@@]21C. The lowest BCUT2D eigenvalue weighted by Crippen LogP contribution is -2.61. The van der Waals surface area contributed by atoms with Crippen molar-refractivity contribution >= 4 is 23.3 Å². The molecule has 0 saturated heterocycles. The van der Waals surface area contributed by atoms with Gasteiger partial charge in [-0.05, 0) is 55.4 Å². The first-order valence-electron chi connectivity index (χ1n) is 10.7. The van der Waals surface area contributed by atoms with Gasteiger partial charge in [-0.15, -0.1) is 0 Å². The molecule has 0 radical (unpaired) electrons. The van der Waals surface area contributed by atoms with Crippen LogP contribution in [-0.4, -0.2) is 40.6 Å². The zero-order chi connectivity index (χ0) is 21.2. The second-order valence-electron chi connectivity index (χ2n) is 10.0. The summed E-state index contributed by atoms with van der Waals surface area (Å²) in [6.07, 6.45) is 5.66. The van der Waals surface area contributed by atoms with Crippen LogP contribution in [0, 0.1) is 28.6 Å². The molecule has 0 bridgehead atoms. The van der Waals surface area contributed by atoms with Crippen LogP contribution in [0.1, 0.15) is 65.7 Å². The number of hydrogen-bond donors (Lipinski definition) is 1. The molecule has 3 saturated carbocycles. The Balaban J connectivity index is 1.66. The van der Waals surface area contributed by atoms with Crippen LogP contribution in [0.2, 0.25) is 0 Å². The van der Waals surface area contributed by atoms with Crippen molar-refractivity contribution in [2.45, 2.75) is 71.3 Å².